The summed E-state index contributed by atoms with van der Waals surface area (Å²) in [6.07, 6.45) is 3.67. The molecule has 0 saturated carbocycles. The molecule has 73 heavy (non-hydrogen) atoms. The summed E-state index contributed by atoms with van der Waals surface area (Å²) in [5.41, 5.74) is 15.0. The minimum atomic E-state index is -0.663. The van der Waals surface area contributed by atoms with Crippen LogP contribution in [0.2, 0.25) is 0 Å². The molecule has 0 spiro atoms. The first-order chi connectivity index (χ1) is 38.1. The van der Waals surface area contributed by atoms with E-state index in [4.69, 9.17) is 4.11 Å². The zero-order valence-corrected chi connectivity index (χ0v) is 40.5. The number of pyridine rings is 1. The number of nitrogens with zero attached hydrogens (tertiary/aromatic N) is 5. The van der Waals surface area contributed by atoms with Crippen molar-refractivity contribution in [3.05, 3.63) is 296 Å². The summed E-state index contributed by atoms with van der Waals surface area (Å²) in [6.45, 7) is 4.59. The van der Waals surface area contributed by atoms with Gasteiger partial charge in [-0.15, -0.1) is 0 Å². The number of fused-ring (bicyclic) bond motifs is 3. The van der Waals surface area contributed by atoms with Crippen molar-refractivity contribution >= 4 is 68.2 Å². The van der Waals surface area contributed by atoms with Crippen LogP contribution in [0.15, 0.2) is 285 Å². The smallest absolute Gasteiger partial charge is 0.0708 e. The maximum Gasteiger partial charge on any atom is 0.0708 e. The maximum absolute atomic E-state index is 9.60. The van der Waals surface area contributed by atoms with E-state index in [9.17, 15) is 2.74 Å². The van der Waals surface area contributed by atoms with Crippen LogP contribution in [0.5, 0.6) is 0 Å². The molecule has 11 aromatic rings. The fourth-order valence-corrected chi connectivity index (χ4v) is 10.4. The zero-order chi connectivity index (χ0) is 53.5. The number of anilines is 12. The molecule has 1 aromatic heterocycles. The molecule has 5 nitrogen and oxygen atoms in total. The summed E-state index contributed by atoms with van der Waals surface area (Å²) in [4.78, 5) is 13.1. The van der Waals surface area contributed by atoms with Crippen LogP contribution < -0.4 is 19.6 Å². The second kappa shape index (κ2) is 19.4. The van der Waals surface area contributed by atoms with E-state index in [-0.39, 0.29) is 17.8 Å². The number of hydrogen-bond donors (Lipinski definition) is 0. The minimum absolute atomic E-state index is 0.0331. The Hall–Kier alpha value is -9.45. The molecule has 0 radical (unpaired) electrons. The molecule has 12 rings (SSSR count). The summed E-state index contributed by atoms with van der Waals surface area (Å²) < 4.78 is 46.0. The highest BCUT2D eigenvalue weighted by molar-refractivity contribution is 6.01. The number of aromatic nitrogens is 1. The Morgan fingerprint density at radius 1 is 0.342 bits per heavy atom. The Morgan fingerprint density at radius 3 is 1.23 bits per heavy atom. The van der Waals surface area contributed by atoms with Gasteiger partial charge in [-0.3, -0.25) is 4.98 Å². The summed E-state index contributed by atoms with van der Waals surface area (Å²) >= 11 is 0. The molecule has 350 valence electrons. The van der Waals surface area contributed by atoms with E-state index in [1.807, 2.05) is 102 Å². The zero-order valence-electron chi connectivity index (χ0n) is 45.5. The predicted octanol–water partition coefficient (Wildman–Crippen LogP) is 18.9. The molecular weight excluding hydrogens is 887 g/mol. The molecule has 1 heterocycles. The molecule has 0 atom stereocenters. The number of benzene rings is 10. The largest absolute Gasteiger partial charge is 0.310 e. The average Bonchev–Trinajstić information content (AvgIpc) is 3.95. The molecule has 0 bridgehead atoms. The highest BCUT2D eigenvalue weighted by atomic mass is 15.2. The summed E-state index contributed by atoms with van der Waals surface area (Å²) in [5.74, 6) is 0. The van der Waals surface area contributed by atoms with Gasteiger partial charge in [-0.25, -0.2) is 0 Å². The third kappa shape index (κ3) is 8.47. The first kappa shape index (κ1) is 39.3. The van der Waals surface area contributed by atoms with Gasteiger partial charge in [0.25, 0.3) is 0 Å². The second-order valence-electron chi connectivity index (χ2n) is 18.5. The molecule has 1 aliphatic carbocycles. The average molecular weight is 945 g/mol. The number of rotatable bonds is 13. The first-order valence-electron chi connectivity index (χ1n) is 27.0. The Bertz CT molecular complexity index is 3820. The Balaban J connectivity index is 1.21. The van der Waals surface area contributed by atoms with Crippen molar-refractivity contribution in [2.45, 2.75) is 19.3 Å². The summed E-state index contributed by atoms with van der Waals surface area (Å²) in [7, 11) is 0. The van der Waals surface area contributed by atoms with E-state index in [2.05, 4.69) is 185 Å². The van der Waals surface area contributed by atoms with Gasteiger partial charge in [0.1, 0.15) is 0 Å². The molecular formula is C68H53N5. The monoisotopic (exact) mass is 944 g/mol. The van der Waals surface area contributed by atoms with Crippen LogP contribution in [-0.4, -0.2) is 4.98 Å². The highest BCUT2D eigenvalue weighted by Crippen LogP contribution is 2.60. The lowest BCUT2D eigenvalue weighted by atomic mass is 9.80. The van der Waals surface area contributed by atoms with Crippen LogP contribution in [0.3, 0.4) is 0 Å². The minimum Gasteiger partial charge on any atom is -0.310 e. The molecule has 0 unspecified atom stereocenters. The van der Waals surface area contributed by atoms with Crippen molar-refractivity contribution < 1.29 is 6.85 Å². The van der Waals surface area contributed by atoms with E-state index >= 15 is 0 Å². The Morgan fingerprint density at radius 2 is 0.767 bits per heavy atom. The normalized spacial score (nSPS) is 13.0. The van der Waals surface area contributed by atoms with Crippen molar-refractivity contribution in [2.75, 3.05) is 19.6 Å². The fourth-order valence-electron chi connectivity index (χ4n) is 10.4. The van der Waals surface area contributed by atoms with Crippen molar-refractivity contribution in [3.63, 3.8) is 0 Å². The van der Waals surface area contributed by atoms with Gasteiger partial charge in [0.2, 0.25) is 0 Å². The molecule has 0 N–H and O–H groups in total. The van der Waals surface area contributed by atoms with Crippen molar-refractivity contribution in [3.8, 4) is 22.3 Å². The van der Waals surface area contributed by atoms with Gasteiger partial charge in [-0.1, -0.05) is 159 Å². The predicted molar refractivity (Wildman–Crippen MR) is 306 cm³/mol. The van der Waals surface area contributed by atoms with Crippen LogP contribution in [0.25, 0.3) is 22.3 Å². The molecule has 0 fully saturated rings. The quantitative estimate of drug-likeness (QED) is 0.115. The van der Waals surface area contributed by atoms with E-state index < -0.39 is 23.5 Å². The van der Waals surface area contributed by atoms with Crippen LogP contribution in [-0.2, 0) is 5.41 Å². The third-order valence-electron chi connectivity index (χ3n) is 13.7. The first-order valence-corrected chi connectivity index (χ1v) is 24.5. The van der Waals surface area contributed by atoms with E-state index in [1.165, 1.54) is 0 Å². The van der Waals surface area contributed by atoms with E-state index in [0.717, 1.165) is 84.6 Å². The van der Waals surface area contributed by atoms with Gasteiger partial charge >= 0.3 is 0 Å². The second-order valence-corrected chi connectivity index (χ2v) is 18.5. The SMILES string of the molecule is [2H]c1c([2H])c([2H])c(N(c2ccccc2)c2cc3c(cc2N(c2ccccc2)c2ccccc2)C(C)(C)c2c-3cc(N(c3ccccc3)c3ccc(-c4cccnc4)cc3)cc2N(c2ccccc2)c2ccccc2)c([2H])c1[2H]. The van der Waals surface area contributed by atoms with Gasteiger partial charge in [0, 0.05) is 69.0 Å². The lowest BCUT2D eigenvalue weighted by molar-refractivity contribution is 0.661. The van der Waals surface area contributed by atoms with Crippen molar-refractivity contribution in [2.24, 2.45) is 0 Å². The molecule has 0 amide bonds. The van der Waals surface area contributed by atoms with Crippen LogP contribution in [0.1, 0.15) is 31.8 Å². The molecule has 5 heteroatoms. The molecule has 10 aromatic carbocycles. The highest BCUT2D eigenvalue weighted by Gasteiger charge is 2.42. The van der Waals surface area contributed by atoms with Crippen LogP contribution in [0.4, 0.5) is 68.2 Å². The third-order valence-corrected chi connectivity index (χ3v) is 13.7. The van der Waals surface area contributed by atoms with Crippen LogP contribution in [0, 0.1) is 0 Å². The van der Waals surface area contributed by atoms with Gasteiger partial charge in [-0.2, -0.15) is 0 Å². The summed E-state index contributed by atoms with van der Waals surface area (Å²) in [6, 6.07) is 81.2. The molecule has 0 saturated heterocycles. The standard InChI is InChI=1S/C68H53N5/c1-68(2)63-48-65(72(55-32-16-6-17-33-55)56-34-18-7-19-35-56)64(71(53-28-12-4-13-29-53)54-30-14-5-15-31-54)47-61(63)62-45-60(46-66(67(62)68)73(57-36-20-8-21-37-57)58-38-22-9-23-39-58)70(52-26-10-3-11-27-52)59-42-40-50(41-43-59)51-25-24-44-69-49-51/h3-49H,1-2H3/i4D,12D,13D,28D,29D. The van der Waals surface area contributed by atoms with Crippen molar-refractivity contribution in [1.82, 2.24) is 4.98 Å². The fraction of sp³-hybridized carbons (Fsp3) is 0.0441. The van der Waals surface area contributed by atoms with Crippen LogP contribution >= 0.6 is 0 Å². The lowest BCUT2D eigenvalue weighted by Gasteiger charge is -2.35. The maximum atomic E-state index is 9.60. The molecule has 1 aliphatic rings. The Labute approximate surface area is 435 Å². The van der Waals surface area contributed by atoms with Gasteiger partial charge < -0.3 is 19.6 Å². The van der Waals surface area contributed by atoms with E-state index in [1.54, 1.807) is 6.20 Å². The summed E-state index contributed by atoms with van der Waals surface area (Å²) in [5, 5.41) is 0. The molecule has 0 aliphatic heterocycles. The van der Waals surface area contributed by atoms with Crippen molar-refractivity contribution in [1.29, 1.82) is 0 Å². The lowest BCUT2D eigenvalue weighted by Crippen LogP contribution is -2.22. The topological polar surface area (TPSA) is 25.9 Å². The number of hydrogen-bond acceptors (Lipinski definition) is 5. The number of para-hydroxylation sites is 7. The van der Waals surface area contributed by atoms with Gasteiger partial charge in [0.05, 0.1) is 23.9 Å². The van der Waals surface area contributed by atoms with Gasteiger partial charge in [0.15, 0.2) is 0 Å². The van der Waals surface area contributed by atoms with E-state index in [0.29, 0.717) is 11.4 Å². The Kier molecular flexibility index (Phi) is 10.4. The van der Waals surface area contributed by atoms with Gasteiger partial charge in [-0.05, 0) is 161 Å².